The molecule has 1 amide bonds. The second kappa shape index (κ2) is 11.2. The van der Waals surface area contributed by atoms with E-state index in [1.807, 2.05) is 5.32 Å². The maximum Gasteiger partial charge on any atom is 0.408 e. The van der Waals surface area contributed by atoms with Gasteiger partial charge >= 0.3 is 18.0 Å². The number of hydrogen-bond donors (Lipinski definition) is 3. The molecule has 3 atom stereocenters. The Kier molecular flexibility index (Phi) is 8.90. The predicted octanol–water partition coefficient (Wildman–Crippen LogP) is 3.19. The maximum absolute atomic E-state index is 15.3. The second-order valence-corrected chi connectivity index (χ2v) is 8.65. The number of aliphatic hydroxyl groups is 1. The highest BCUT2D eigenvalue weighted by atomic mass is 19.3. The van der Waals surface area contributed by atoms with Crippen LogP contribution in [-0.4, -0.2) is 46.9 Å². The molecule has 0 radical (unpaired) electrons. The monoisotopic (exact) mass is 464 g/mol. The number of hydrogen-bond acceptors (Lipinski definition) is 6. The number of benzene rings is 2. The van der Waals surface area contributed by atoms with Gasteiger partial charge in [0, 0.05) is 6.04 Å². The molecule has 3 unspecified atom stereocenters. The number of rotatable bonds is 9. The third kappa shape index (κ3) is 8.11. The van der Waals surface area contributed by atoms with E-state index in [0.29, 0.717) is 11.1 Å². The van der Waals surface area contributed by atoms with E-state index in [2.05, 4.69) is 0 Å². The van der Waals surface area contributed by atoms with Crippen molar-refractivity contribution in [3.05, 3.63) is 71.8 Å². The molecule has 0 fully saturated rings. The fraction of sp³-hybridized carbons (Fsp3) is 0.417. The summed E-state index contributed by atoms with van der Waals surface area (Å²) >= 11 is 0. The van der Waals surface area contributed by atoms with Crippen molar-refractivity contribution < 1.29 is 33.0 Å². The molecule has 0 bridgehead atoms. The summed E-state index contributed by atoms with van der Waals surface area (Å²) in [5, 5.41) is 12.2. The molecule has 2 aromatic carbocycles. The van der Waals surface area contributed by atoms with Crippen molar-refractivity contribution in [1.82, 2.24) is 5.32 Å². The highest BCUT2D eigenvalue weighted by molar-refractivity contribution is 5.82. The summed E-state index contributed by atoms with van der Waals surface area (Å²) in [6, 6.07) is 13.0. The number of alkyl halides is 2. The van der Waals surface area contributed by atoms with Gasteiger partial charge in [-0.2, -0.15) is 0 Å². The van der Waals surface area contributed by atoms with E-state index in [-0.39, 0.29) is 13.0 Å². The first kappa shape index (κ1) is 26.2. The van der Waals surface area contributed by atoms with Crippen LogP contribution in [0, 0.1) is 0 Å². The number of alkyl carbamates (subject to hydrolysis) is 1. The van der Waals surface area contributed by atoms with Crippen LogP contribution in [0.1, 0.15) is 31.9 Å². The molecule has 2 rings (SSSR count). The molecule has 4 N–H and O–H groups in total. The van der Waals surface area contributed by atoms with Gasteiger partial charge in [-0.15, -0.1) is 0 Å². The molecule has 0 aliphatic heterocycles. The standard InChI is InChI=1S/C24H30F2N2O5/c1-23(2,3)33-22(31)28-19(21(30)32-15-17-12-8-5-9-13-17)24(25,26)20(29)18(27)14-16-10-6-4-7-11-16/h4-13,18-20,29H,14-15,27H2,1-3H3,(H,28,31). The van der Waals surface area contributed by atoms with E-state index in [1.54, 1.807) is 60.7 Å². The molecule has 0 aliphatic rings. The Morgan fingerprint density at radius 2 is 1.52 bits per heavy atom. The van der Waals surface area contributed by atoms with E-state index in [0.717, 1.165) is 0 Å². The number of amides is 1. The molecule has 0 spiro atoms. The number of carbonyl (C=O) groups is 2. The number of ether oxygens (including phenoxy) is 2. The van der Waals surface area contributed by atoms with Crippen molar-refractivity contribution in [1.29, 1.82) is 0 Å². The van der Waals surface area contributed by atoms with Gasteiger partial charge in [0.1, 0.15) is 18.3 Å². The first-order valence-corrected chi connectivity index (χ1v) is 10.5. The van der Waals surface area contributed by atoms with Gasteiger partial charge in [-0.1, -0.05) is 60.7 Å². The van der Waals surface area contributed by atoms with Gasteiger partial charge in [-0.3, -0.25) is 0 Å². The largest absolute Gasteiger partial charge is 0.459 e. The van der Waals surface area contributed by atoms with Crippen LogP contribution in [0.4, 0.5) is 13.6 Å². The van der Waals surface area contributed by atoms with Gasteiger partial charge in [0.15, 0.2) is 6.04 Å². The first-order valence-electron chi connectivity index (χ1n) is 10.5. The lowest BCUT2D eigenvalue weighted by Crippen LogP contribution is -2.62. The van der Waals surface area contributed by atoms with Crippen LogP contribution in [0.2, 0.25) is 0 Å². The summed E-state index contributed by atoms with van der Waals surface area (Å²) in [7, 11) is 0. The number of aliphatic hydroxyl groups excluding tert-OH is 1. The van der Waals surface area contributed by atoms with E-state index in [1.165, 1.54) is 20.8 Å². The zero-order valence-corrected chi connectivity index (χ0v) is 18.8. The lowest BCUT2D eigenvalue weighted by atomic mass is 9.94. The van der Waals surface area contributed by atoms with Crippen LogP contribution >= 0.6 is 0 Å². The van der Waals surface area contributed by atoms with Gasteiger partial charge in [-0.25, -0.2) is 18.4 Å². The predicted molar refractivity (Wildman–Crippen MR) is 118 cm³/mol. The van der Waals surface area contributed by atoms with Crippen molar-refractivity contribution in [2.24, 2.45) is 5.73 Å². The first-order chi connectivity index (χ1) is 15.4. The van der Waals surface area contributed by atoms with Gasteiger partial charge in [0.25, 0.3) is 0 Å². The molecule has 33 heavy (non-hydrogen) atoms. The Morgan fingerprint density at radius 3 is 2.03 bits per heavy atom. The molecule has 2 aromatic rings. The van der Waals surface area contributed by atoms with Crippen molar-refractivity contribution in [2.75, 3.05) is 0 Å². The molecular weight excluding hydrogens is 434 g/mol. The van der Waals surface area contributed by atoms with Crippen LogP contribution in [0.15, 0.2) is 60.7 Å². The molecule has 9 heteroatoms. The number of carbonyl (C=O) groups excluding carboxylic acids is 2. The lowest BCUT2D eigenvalue weighted by Gasteiger charge is -2.33. The van der Waals surface area contributed by atoms with E-state index >= 15 is 8.78 Å². The number of nitrogens with two attached hydrogens (primary N) is 1. The van der Waals surface area contributed by atoms with Gasteiger partial charge in [0.05, 0.1) is 0 Å². The Morgan fingerprint density at radius 1 is 1.00 bits per heavy atom. The quantitative estimate of drug-likeness (QED) is 0.492. The second-order valence-electron chi connectivity index (χ2n) is 8.65. The van der Waals surface area contributed by atoms with Crippen molar-refractivity contribution >= 4 is 12.1 Å². The molecule has 0 saturated heterocycles. The number of halogens is 2. The topological polar surface area (TPSA) is 111 Å². The fourth-order valence-electron chi connectivity index (χ4n) is 3.00. The van der Waals surface area contributed by atoms with Gasteiger partial charge < -0.3 is 25.6 Å². The van der Waals surface area contributed by atoms with E-state index < -0.39 is 41.8 Å². The summed E-state index contributed by atoms with van der Waals surface area (Å²) in [6.07, 6.45) is -3.79. The minimum Gasteiger partial charge on any atom is -0.459 e. The SMILES string of the molecule is CC(C)(C)OC(=O)NC(C(=O)OCc1ccccc1)C(F)(F)C(O)C(N)Cc1ccccc1. The Bertz CT molecular complexity index is 904. The maximum atomic E-state index is 15.3. The van der Waals surface area contributed by atoms with Crippen molar-refractivity contribution in [2.45, 2.75) is 63.5 Å². The zero-order valence-electron chi connectivity index (χ0n) is 18.8. The van der Waals surface area contributed by atoms with Gasteiger partial charge in [0.2, 0.25) is 0 Å². The summed E-state index contributed by atoms with van der Waals surface area (Å²) in [5.41, 5.74) is 6.03. The van der Waals surface area contributed by atoms with Crippen molar-refractivity contribution in [3.63, 3.8) is 0 Å². The fourth-order valence-corrected chi connectivity index (χ4v) is 3.00. The summed E-state index contributed by atoms with van der Waals surface area (Å²) in [5.74, 6) is -5.58. The minimum absolute atomic E-state index is 0.0736. The molecule has 0 saturated carbocycles. The van der Waals surface area contributed by atoms with Crippen LogP contribution in [0.25, 0.3) is 0 Å². The van der Waals surface area contributed by atoms with E-state index in [9.17, 15) is 14.7 Å². The molecule has 0 aromatic heterocycles. The Hall–Kier alpha value is -3.04. The smallest absolute Gasteiger partial charge is 0.408 e. The average molecular weight is 465 g/mol. The molecule has 0 heterocycles. The molecule has 180 valence electrons. The zero-order chi connectivity index (χ0) is 24.6. The number of esters is 1. The Labute approximate surface area is 191 Å². The summed E-state index contributed by atoms with van der Waals surface area (Å²) in [4.78, 5) is 24.8. The average Bonchev–Trinajstić information content (AvgIpc) is 2.75. The number of nitrogens with one attached hydrogen (secondary N) is 1. The van der Waals surface area contributed by atoms with Gasteiger partial charge in [-0.05, 0) is 38.3 Å². The molecule has 7 nitrogen and oxygen atoms in total. The van der Waals surface area contributed by atoms with E-state index in [4.69, 9.17) is 15.2 Å². The molecule has 0 aliphatic carbocycles. The van der Waals surface area contributed by atoms with Crippen LogP contribution in [-0.2, 0) is 27.3 Å². The van der Waals surface area contributed by atoms with Crippen LogP contribution in [0.5, 0.6) is 0 Å². The third-order valence-electron chi connectivity index (χ3n) is 4.62. The molecular formula is C24H30F2N2O5. The Balaban J connectivity index is 2.20. The van der Waals surface area contributed by atoms with Crippen LogP contribution in [0.3, 0.4) is 0 Å². The summed E-state index contributed by atoms with van der Waals surface area (Å²) in [6.45, 7) is 4.32. The highest BCUT2D eigenvalue weighted by Gasteiger charge is 2.54. The lowest BCUT2D eigenvalue weighted by molar-refractivity contribution is -0.175. The third-order valence-corrected chi connectivity index (χ3v) is 4.62. The highest BCUT2D eigenvalue weighted by Crippen LogP contribution is 2.28. The summed E-state index contributed by atoms with van der Waals surface area (Å²) < 4.78 is 40.6. The van der Waals surface area contributed by atoms with Crippen LogP contribution < -0.4 is 11.1 Å². The normalized spacial score (nSPS) is 14.6. The minimum atomic E-state index is -4.15. The van der Waals surface area contributed by atoms with Crippen molar-refractivity contribution in [3.8, 4) is 0 Å².